The molecule has 0 saturated carbocycles. The van der Waals surface area contributed by atoms with Crippen LogP contribution in [0.1, 0.15) is 6.92 Å². The first-order valence-electron chi connectivity index (χ1n) is 5.61. The Morgan fingerprint density at radius 1 is 1.47 bits per heavy atom. The number of sulfonamides is 1. The fourth-order valence-corrected chi connectivity index (χ4v) is 3.07. The molecule has 0 bridgehead atoms. The van der Waals surface area contributed by atoms with Crippen molar-refractivity contribution in [3.63, 3.8) is 0 Å². The summed E-state index contributed by atoms with van der Waals surface area (Å²) in [4.78, 5) is -0.0196. The highest BCUT2D eigenvalue weighted by atomic mass is 79.9. The molecular weight excluding hydrogens is 338 g/mol. The van der Waals surface area contributed by atoms with Crippen LogP contribution in [-0.2, 0) is 10.0 Å². The fourth-order valence-electron chi connectivity index (χ4n) is 1.31. The summed E-state index contributed by atoms with van der Waals surface area (Å²) in [5, 5.41) is 17.8. The van der Waals surface area contributed by atoms with Crippen molar-refractivity contribution in [3.8, 4) is 5.75 Å². The van der Waals surface area contributed by atoms with Crippen LogP contribution in [0.4, 0.5) is 0 Å². The maximum atomic E-state index is 12.1. The van der Waals surface area contributed by atoms with Crippen LogP contribution in [0.5, 0.6) is 5.75 Å². The number of aliphatic hydroxyl groups excluding tert-OH is 2. The molecule has 6 nitrogen and oxygen atoms in total. The van der Waals surface area contributed by atoms with Gasteiger partial charge in [-0.1, -0.05) is 15.9 Å². The lowest BCUT2D eigenvalue weighted by Crippen LogP contribution is -2.34. The number of rotatable bonds is 7. The second-order valence-corrected chi connectivity index (χ2v) is 6.36. The van der Waals surface area contributed by atoms with Gasteiger partial charge in [-0.15, -0.1) is 0 Å². The number of nitrogens with one attached hydrogen (secondary N) is 1. The van der Waals surface area contributed by atoms with E-state index in [1.54, 1.807) is 19.1 Å². The molecule has 1 unspecified atom stereocenters. The second-order valence-electron chi connectivity index (χ2n) is 3.71. The predicted octanol–water partition coefficient (Wildman–Crippen LogP) is 0.479. The molecule has 1 rings (SSSR count). The number of ether oxygens (including phenoxy) is 1. The fraction of sp³-hybridized carbons (Fsp3) is 0.455. The number of benzene rings is 1. The van der Waals surface area contributed by atoms with E-state index in [0.717, 1.165) is 0 Å². The zero-order valence-electron chi connectivity index (χ0n) is 10.3. The van der Waals surface area contributed by atoms with Gasteiger partial charge in [-0.25, -0.2) is 13.1 Å². The molecule has 0 saturated heterocycles. The first-order valence-corrected chi connectivity index (χ1v) is 7.89. The van der Waals surface area contributed by atoms with Gasteiger partial charge in [0.15, 0.2) is 0 Å². The molecule has 0 spiro atoms. The van der Waals surface area contributed by atoms with Gasteiger partial charge in [-0.05, 0) is 25.1 Å². The van der Waals surface area contributed by atoms with Gasteiger partial charge >= 0.3 is 0 Å². The lowest BCUT2D eigenvalue weighted by Gasteiger charge is -2.13. The first-order chi connectivity index (χ1) is 8.90. The van der Waals surface area contributed by atoms with E-state index in [-0.39, 0.29) is 17.2 Å². The minimum absolute atomic E-state index is 0.0196. The molecule has 0 fully saturated rings. The molecule has 1 atom stereocenters. The van der Waals surface area contributed by atoms with Crippen molar-refractivity contribution in [2.45, 2.75) is 17.9 Å². The molecule has 0 aromatic heterocycles. The number of halogens is 1. The lowest BCUT2D eigenvalue weighted by molar-refractivity contribution is 0.0988. The van der Waals surface area contributed by atoms with Crippen molar-refractivity contribution in [1.82, 2.24) is 4.72 Å². The van der Waals surface area contributed by atoms with Crippen LogP contribution in [0.2, 0.25) is 0 Å². The Kier molecular flexibility index (Phi) is 6.21. The van der Waals surface area contributed by atoms with Crippen LogP contribution in [0.25, 0.3) is 0 Å². The number of aliphatic hydroxyl groups is 2. The normalized spacial score (nSPS) is 13.3. The van der Waals surface area contributed by atoms with Crippen LogP contribution in [-0.4, -0.2) is 44.5 Å². The van der Waals surface area contributed by atoms with Crippen LogP contribution < -0.4 is 9.46 Å². The molecular formula is C11H16BrNO5S. The van der Waals surface area contributed by atoms with Crippen LogP contribution in [0.15, 0.2) is 27.6 Å². The molecule has 3 N–H and O–H groups in total. The minimum Gasteiger partial charge on any atom is -0.492 e. The molecule has 0 heterocycles. The van der Waals surface area contributed by atoms with E-state index < -0.39 is 22.7 Å². The summed E-state index contributed by atoms with van der Waals surface area (Å²) >= 11 is 3.20. The second kappa shape index (κ2) is 7.20. The average molecular weight is 354 g/mol. The summed E-state index contributed by atoms with van der Waals surface area (Å²) in [6.45, 7) is 1.31. The maximum Gasteiger partial charge on any atom is 0.244 e. The number of hydrogen-bond donors (Lipinski definition) is 3. The van der Waals surface area contributed by atoms with Crippen molar-refractivity contribution >= 4 is 26.0 Å². The SMILES string of the molecule is CCOc1ccc(Br)cc1S(=O)(=O)NCC(O)CO. The van der Waals surface area contributed by atoms with Gasteiger partial charge in [-0.3, -0.25) is 0 Å². The highest BCUT2D eigenvalue weighted by Gasteiger charge is 2.21. The molecule has 108 valence electrons. The van der Waals surface area contributed by atoms with Crippen LogP contribution in [0.3, 0.4) is 0 Å². The Morgan fingerprint density at radius 3 is 2.74 bits per heavy atom. The maximum absolute atomic E-state index is 12.1. The molecule has 1 aromatic carbocycles. The first kappa shape index (κ1) is 16.4. The lowest BCUT2D eigenvalue weighted by atomic mass is 10.3. The Balaban J connectivity index is 3.02. The molecule has 0 aliphatic rings. The van der Waals surface area contributed by atoms with E-state index in [1.807, 2.05) is 0 Å². The summed E-state index contributed by atoms with van der Waals surface area (Å²) in [6, 6.07) is 4.63. The van der Waals surface area contributed by atoms with E-state index in [0.29, 0.717) is 11.1 Å². The highest BCUT2D eigenvalue weighted by molar-refractivity contribution is 9.10. The third-order valence-corrected chi connectivity index (χ3v) is 4.15. The van der Waals surface area contributed by atoms with Gasteiger partial charge in [0.05, 0.1) is 19.3 Å². The van der Waals surface area contributed by atoms with Crippen molar-refractivity contribution < 1.29 is 23.4 Å². The number of hydrogen-bond acceptors (Lipinski definition) is 5. The van der Waals surface area contributed by atoms with E-state index in [4.69, 9.17) is 9.84 Å². The Bertz CT molecular complexity index is 520. The summed E-state index contributed by atoms with van der Waals surface area (Å²) in [5.74, 6) is 0.233. The van der Waals surface area contributed by atoms with Crippen LogP contribution >= 0.6 is 15.9 Å². The summed E-state index contributed by atoms with van der Waals surface area (Å²) in [7, 11) is -3.82. The van der Waals surface area contributed by atoms with E-state index in [9.17, 15) is 13.5 Å². The summed E-state index contributed by atoms with van der Waals surface area (Å²) in [6.07, 6.45) is -1.14. The Morgan fingerprint density at radius 2 is 2.16 bits per heavy atom. The molecule has 19 heavy (non-hydrogen) atoms. The highest BCUT2D eigenvalue weighted by Crippen LogP contribution is 2.27. The standard InChI is InChI=1S/C11H16BrNO5S/c1-2-18-10-4-3-8(12)5-11(10)19(16,17)13-6-9(15)7-14/h3-5,9,13-15H,2,6-7H2,1H3. The van der Waals surface area contributed by atoms with Crippen molar-refractivity contribution in [3.05, 3.63) is 22.7 Å². The van der Waals surface area contributed by atoms with Crippen molar-refractivity contribution in [1.29, 1.82) is 0 Å². The van der Waals surface area contributed by atoms with Gasteiger partial charge in [0.25, 0.3) is 0 Å². The van der Waals surface area contributed by atoms with Gasteiger partial charge < -0.3 is 14.9 Å². The molecule has 1 aromatic rings. The van der Waals surface area contributed by atoms with Gasteiger partial charge in [0.2, 0.25) is 10.0 Å². The van der Waals surface area contributed by atoms with E-state index in [2.05, 4.69) is 20.7 Å². The molecule has 8 heteroatoms. The molecule has 0 amide bonds. The summed E-state index contributed by atoms with van der Waals surface area (Å²) < 4.78 is 32.3. The van der Waals surface area contributed by atoms with Crippen LogP contribution in [0, 0.1) is 0 Å². The Hall–Kier alpha value is -0.670. The summed E-state index contributed by atoms with van der Waals surface area (Å²) in [5.41, 5.74) is 0. The predicted molar refractivity (Wildman–Crippen MR) is 73.6 cm³/mol. The minimum atomic E-state index is -3.82. The molecule has 0 radical (unpaired) electrons. The van der Waals surface area contributed by atoms with Gasteiger partial charge in [0, 0.05) is 11.0 Å². The Labute approximate surface area is 120 Å². The zero-order chi connectivity index (χ0) is 14.5. The van der Waals surface area contributed by atoms with Crippen molar-refractivity contribution in [2.24, 2.45) is 0 Å². The smallest absolute Gasteiger partial charge is 0.244 e. The van der Waals surface area contributed by atoms with E-state index in [1.165, 1.54) is 6.07 Å². The third kappa shape index (κ3) is 4.73. The quantitative estimate of drug-likeness (QED) is 0.662. The van der Waals surface area contributed by atoms with Gasteiger partial charge in [0.1, 0.15) is 10.6 Å². The van der Waals surface area contributed by atoms with Gasteiger partial charge in [-0.2, -0.15) is 0 Å². The average Bonchev–Trinajstić information content (AvgIpc) is 2.38. The van der Waals surface area contributed by atoms with E-state index >= 15 is 0 Å². The third-order valence-electron chi connectivity index (χ3n) is 2.21. The zero-order valence-corrected chi connectivity index (χ0v) is 12.7. The topological polar surface area (TPSA) is 95.9 Å². The molecule has 0 aliphatic heterocycles. The van der Waals surface area contributed by atoms with Crippen molar-refractivity contribution in [2.75, 3.05) is 19.8 Å². The monoisotopic (exact) mass is 353 g/mol. The largest absolute Gasteiger partial charge is 0.492 e. The molecule has 0 aliphatic carbocycles.